The molecule has 0 spiro atoms. The third-order valence-electron chi connectivity index (χ3n) is 5.99. The Balaban J connectivity index is 1.81. The van der Waals surface area contributed by atoms with Gasteiger partial charge in [-0.1, -0.05) is 119 Å². The third-order valence-corrected chi connectivity index (χ3v) is 11.0. The molecule has 0 radical (unpaired) electrons. The van der Waals surface area contributed by atoms with E-state index in [9.17, 15) is 0 Å². The van der Waals surface area contributed by atoms with Crippen LogP contribution in [-0.4, -0.2) is 21.5 Å². The molecule has 0 unspecified atom stereocenters. The Labute approximate surface area is 189 Å². The van der Waals surface area contributed by atoms with Crippen LogP contribution in [0.25, 0.3) is 0 Å². The molecule has 0 heterocycles. The fourth-order valence-corrected chi connectivity index (χ4v) is 8.85. The Hall–Kier alpha value is -2.20. The first-order chi connectivity index (χ1) is 15.0. The van der Waals surface area contributed by atoms with E-state index in [0.29, 0.717) is 25.7 Å². The summed E-state index contributed by atoms with van der Waals surface area (Å²) in [5.74, 6) is 0.366. The first-order valence-electron chi connectivity index (χ1n) is 11.3. The summed E-state index contributed by atoms with van der Waals surface area (Å²) in [5.41, 5.74) is 1.21. The summed E-state index contributed by atoms with van der Waals surface area (Å²) < 4.78 is 13.2. The maximum Gasteiger partial charge on any atom is 0.261 e. The molecule has 0 saturated heterocycles. The second-order valence-electron chi connectivity index (χ2n) is 9.25. The highest BCUT2D eigenvalue weighted by Gasteiger charge is 2.50. The van der Waals surface area contributed by atoms with Crippen molar-refractivity contribution in [2.24, 2.45) is 5.92 Å². The van der Waals surface area contributed by atoms with Gasteiger partial charge >= 0.3 is 0 Å². The minimum atomic E-state index is -2.49. The quantitative estimate of drug-likeness (QED) is 0.377. The van der Waals surface area contributed by atoms with Gasteiger partial charge in [-0.3, -0.25) is 0 Å². The van der Waals surface area contributed by atoms with E-state index in [4.69, 9.17) is 9.16 Å². The predicted molar refractivity (Wildman–Crippen MR) is 133 cm³/mol. The van der Waals surface area contributed by atoms with E-state index in [0.717, 1.165) is 6.42 Å². The van der Waals surface area contributed by atoms with Crippen LogP contribution in [0.5, 0.6) is 0 Å². The van der Waals surface area contributed by atoms with Crippen LogP contribution >= 0.6 is 0 Å². The van der Waals surface area contributed by atoms with Gasteiger partial charge in [0.25, 0.3) is 8.32 Å². The highest BCUT2D eigenvalue weighted by Crippen LogP contribution is 2.37. The van der Waals surface area contributed by atoms with Crippen LogP contribution < -0.4 is 10.4 Å². The van der Waals surface area contributed by atoms with E-state index in [-0.39, 0.29) is 5.04 Å². The number of rotatable bonds is 10. The Bertz CT molecular complexity index is 849. The highest BCUT2D eigenvalue weighted by molar-refractivity contribution is 6.99. The second-order valence-corrected chi connectivity index (χ2v) is 13.6. The lowest BCUT2D eigenvalue weighted by Crippen LogP contribution is -2.67. The number of benzene rings is 3. The SMILES string of the molecule is CC[C@@H](COCc1ccccc1)CO[Si](c1ccccc1)(c1ccccc1)C(C)(C)C. The van der Waals surface area contributed by atoms with Gasteiger partial charge in [-0.15, -0.1) is 0 Å². The summed E-state index contributed by atoms with van der Waals surface area (Å²) in [6.45, 7) is 11.3. The molecule has 0 aromatic heterocycles. The first kappa shape index (κ1) is 23.5. The minimum Gasteiger partial charge on any atom is -0.407 e. The maximum absolute atomic E-state index is 7.08. The van der Waals surface area contributed by atoms with Crippen molar-refractivity contribution in [1.29, 1.82) is 0 Å². The fourth-order valence-electron chi connectivity index (χ4n) is 4.21. The average molecular weight is 433 g/mol. The lowest BCUT2D eigenvalue weighted by atomic mass is 10.1. The van der Waals surface area contributed by atoms with Crippen molar-refractivity contribution in [1.82, 2.24) is 0 Å². The van der Waals surface area contributed by atoms with Crippen LogP contribution in [0, 0.1) is 5.92 Å². The monoisotopic (exact) mass is 432 g/mol. The fraction of sp³-hybridized carbons (Fsp3) is 0.357. The summed E-state index contributed by atoms with van der Waals surface area (Å²) in [5, 5.41) is 2.65. The Morgan fingerprint density at radius 1 is 0.710 bits per heavy atom. The molecule has 0 aliphatic heterocycles. The van der Waals surface area contributed by atoms with Crippen LogP contribution in [0.2, 0.25) is 5.04 Å². The molecule has 0 aliphatic carbocycles. The van der Waals surface area contributed by atoms with Crippen molar-refractivity contribution in [2.75, 3.05) is 13.2 Å². The zero-order valence-electron chi connectivity index (χ0n) is 19.4. The number of hydrogen-bond acceptors (Lipinski definition) is 2. The summed E-state index contributed by atoms with van der Waals surface area (Å²) in [4.78, 5) is 0. The molecule has 0 fully saturated rings. The minimum absolute atomic E-state index is 0.00110. The maximum atomic E-state index is 7.08. The summed E-state index contributed by atoms with van der Waals surface area (Å²) in [7, 11) is -2.49. The molecule has 1 atom stereocenters. The molecule has 0 N–H and O–H groups in total. The number of ether oxygens (including phenoxy) is 1. The largest absolute Gasteiger partial charge is 0.407 e. The normalized spacial score (nSPS) is 13.2. The van der Waals surface area contributed by atoms with Crippen LogP contribution in [0.3, 0.4) is 0 Å². The van der Waals surface area contributed by atoms with E-state index in [2.05, 4.69) is 113 Å². The standard InChI is InChI=1S/C28H36O2Si/c1-5-24(21-29-22-25-15-9-6-10-16-25)23-30-31(28(2,3)4,26-17-11-7-12-18-26)27-19-13-8-14-20-27/h6-20,24H,5,21-23H2,1-4H3/t24-/m0/s1. The molecule has 31 heavy (non-hydrogen) atoms. The molecule has 0 saturated carbocycles. The van der Waals surface area contributed by atoms with Crippen molar-refractivity contribution in [3.8, 4) is 0 Å². The molecule has 3 heteroatoms. The molecule has 2 nitrogen and oxygen atoms in total. The van der Waals surface area contributed by atoms with Gasteiger partial charge in [0.2, 0.25) is 0 Å². The van der Waals surface area contributed by atoms with Gasteiger partial charge in [0, 0.05) is 12.5 Å². The van der Waals surface area contributed by atoms with Gasteiger partial charge in [0.1, 0.15) is 0 Å². The molecule has 0 bridgehead atoms. The molecule has 3 aromatic rings. The average Bonchev–Trinajstić information content (AvgIpc) is 2.79. The lowest BCUT2D eigenvalue weighted by Gasteiger charge is -2.43. The third kappa shape index (κ3) is 5.73. The molecule has 3 rings (SSSR count). The van der Waals surface area contributed by atoms with E-state index in [1.807, 2.05) is 6.07 Å². The van der Waals surface area contributed by atoms with Gasteiger partial charge in [-0.2, -0.15) is 0 Å². The molecule has 0 aliphatic rings. The molecule has 3 aromatic carbocycles. The van der Waals surface area contributed by atoms with Gasteiger partial charge in [-0.05, 0) is 27.4 Å². The first-order valence-corrected chi connectivity index (χ1v) is 13.2. The molecule has 164 valence electrons. The zero-order valence-corrected chi connectivity index (χ0v) is 20.4. The second kappa shape index (κ2) is 10.9. The van der Waals surface area contributed by atoms with Crippen LogP contribution in [-0.2, 0) is 15.8 Å². The van der Waals surface area contributed by atoms with Crippen LogP contribution in [0.4, 0.5) is 0 Å². The smallest absolute Gasteiger partial charge is 0.261 e. The van der Waals surface area contributed by atoms with E-state index in [1.54, 1.807) is 0 Å². The Morgan fingerprint density at radius 2 is 1.19 bits per heavy atom. The van der Waals surface area contributed by atoms with E-state index < -0.39 is 8.32 Å². The summed E-state index contributed by atoms with van der Waals surface area (Å²) in [6.07, 6.45) is 1.03. The number of hydrogen-bond donors (Lipinski definition) is 0. The van der Waals surface area contributed by atoms with Gasteiger partial charge < -0.3 is 9.16 Å². The van der Waals surface area contributed by atoms with Crippen molar-refractivity contribution in [3.05, 3.63) is 96.6 Å². The molecular weight excluding hydrogens is 396 g/mol. The topological polar surface area (TPSA) is 18.5 Å². The van der Waals surface area contributed by atoms with E-state index >= 15 is 0 Å². The van der Waals surface area contributed by atoms with Gasteiger partial charge in [-0.25, -0.2) is 0 Å². The molecular formula is C28H36O2Si. The van der Waals surface area contributed by atoms with Crippen molar-refractivity contribution in [3.63, 3.8) is 0 Å². The zero-order chi connectivity index (χ0) is 22.2. The Kier molecular flexibility index (Phi) is 8.25. The molecule has 0 amide bonds. The van der Waals surface area contributed by atoms with Crippen LogP contribution in [0.15, 0.2) is 91.0 Å². The lowest BCUT2D eigenvalue weighted by molar-refractivity contribution is 0.0644. The van der Waals surface area contributed by atoms with Crippen molar-refractivity contribution < 1.29 is 9.16 Å². The summed E-state index contributed by atoms with van der Waals surface area (Å²) >= 11 is 0. The van der Waals surface area contributed by atoms with Crippen molar-refractivity contribution in [2.45, 2.75) is 45.8 Å². The summed E-state index contributed by atoms with van der Waals surface area (Å²) in [6, 6.07) is 32.1. The van der Waals surface area contributed by atoms with Crippen molar-refractivity contribution >= 4 is 18.7 Å². The highest BCUT2D eigenvalue weighted by atomic mass is 28.4. The van der Waals surface area contributed by atoms with Gasteiger partial charge in [0.15, 0.2) is 0 Å². The van der Waals surface area contributed by atoms with Gasteiger partial charge in [0.05, 0.1) is 13.2 Å². The Morgan fingerprint density at radius 3 is 1.65 bits per heavy atom. The predicted octanol–water partition coefficient (Wildman–Crippen LogP) is 5.81. The van der Waals surface area contributed by atoms with Crippen LogP contribution in [0.1, 0.15) is 39.7 Å². The van der Waals surface area contributed by atoms with E-state index in [1.165, 1.54) is 15.9 Å².